The minimum absolute atomic E-state index is 0.0293. The van der Waals surface area contributed by atoms with E-state index < -0.39 is 84.6 Å². The highest BCUT2D eigenvalue weighted by atomic mass is 32.2. The Hall–Kier alpha value is -2.48. The van der Waals surface area contributed by atoms with Crippen molar-refractivity contribution >= 4 is 69.1 Å². The predicted octanol–water partition coefficient (Wildman–Crippen LogP) is -1.60. The first-order valence-electron chi connectivity index (χ1n) is 15.8. The summed E-state index contributed by atoms with van der Waals surface area (Å²) < 4.78 is 62.0. The van der Waals surface area contributed by atoms with Gasteiger partial charge in [-0.2, -0.15) is 4.31 Å². The van der Waals surface area contributed by atoms with Gasteiger partial charge in [-0.05, 0) is 13.0 Å². The third-order valence-corrected chi connectivity index (χ3v) is 11.4. The number of hydrogen-bond acceptors (Lipinski definition) is 19. The maximum Gasteiger partial charge on any atom is 0.481 e. The molecule has 3 rings (SSSR count). The number of anilines is 1. The second-order valence-electron chi connectivity index (χ2n) is 12.2. The molecule has 29 heteroatoms. The molecule has 0 saturated carbocycles. The quantitative estimate of drug-likeness (QED) is 0.0471. The second kappa shape index (κ2) is 19.6. The summed E-state index contributed by atoms with van der Waals surface area (Å²) in [6.45, 7) is 0.873. The molecule has 3 heterocycles. The topological polar surface area (TPSA) is 390 Å². The average Bonchev–Trinajstić information content (AvgIpc) is 3.63. The largest absolute Gasteiger partial charge is 0.481 e. The van der Waals surface area contributed by atoms with Crippen LogP contribution >= 0.6 is 35.2 Å². The van der Waals surface area contributed by atoms with Crippen molar-refractivity contribution in [1.29, 1.82) is 0 Å². The summed E-state index contributed by atoms with van der Waals surface area (Å²) in [5, 5.41) is 26.2. The van der Waals surface area contributed by atoms with E-state index in [4.69, 9.17) is 25.3 Å². The van der Waals surface area contributed by atoms with Gasteiger partial charge in [0.2, 0.25) is 11.8 Å². The van der Waals surface area contributed by atoms with Crippen molar-refractivity contribution in [3.8, 4) is 0 Å². The molecule has 1 aliphatic heterocycles. The van der Waals surface area contributed by atoms with E-state index in [1.54, 1.807) is 0 Å². The highest BCUT2D eigenvalue weighted by molar-refractivity contribution is 8.13. The third-order valence-electron chi connectivity index (χ3n) is 7.35. The van der Waals surface area contributed by atoms with Gasteiger partial charge in [-0.3, -0.25) is 32.5 Å². The van der Waals surface area contributed by atoms with Gasteiger partial charge in [0.25, 0.3) is 0 Å². The molecule has 306 valence electrons. The second-order valence-corrected chi connectivity index (χ2v) is 17.6. The number of phosphoric acid groups is 3. The summed E-state index contributed by atoms with van der Waals surface area (Å²) in [7, 11) is -16.4. The van der Waals surface area contributed by atoms with Crippen LogP contribution in [0.5, 0.6) is 0 Å². The van der Waals surface area contributed by atoms with E-state index in [-0.39, 0.29) is 41.6 Å². The lowest BCUT2D eigenvalue weighted by Gasteiger charge is -2.30. The Labute approximate surface area is 311 Å². The fourth-order valence-corrected chi connectivity index (χ4v) is 8.16. The molecule has 0 spiro atoms. The molecule has 2 aromatic rings. The molecule has 25 nitrogen and oxygen atoms in total. The number of phosphoric ester groups is 3. The highest BCUT2D eigenvalue weighted by Gasteiger charge is 2.50. The molecule has 1 saturated heterocycles. The number of aliphatic hydroxyl groups excluding tert-OH is 2. The van der Waals surface area contributed by atoms with Crippen molar-refractivity contribution in [2.45, 2.75) is 63.8 Å². The molecule has 2 aromatic heterocycles. The van der Waals surface area contributed by atoms with E-state index in [0.717, 1.165) is 29.0 Å². The first kappa shape index (κ1) is 45.9. The van der Waals surface area contributed by atoms with Crippen molar-refractivity contribution < 1.29 is 80.5 Å². The molecule has 12 N–H and O–H groups in total. The number of fused-ring (bicyclic) bond motifs is 1. The van der Waals surface area contributed by atoms with Crippen LogP contribution in [0.15, 0.2) is 12.7 Å². The van der Waals surface area contributed by atoms with Crippen LogP contribution in [0.2, 0.25) is 0 Å². The average molecular weight is 853 g/mol. The van der Waals surface area contributed by atoms with Crippen LogP contribution in [0.3, 0.4) is 0 Å². The lowest BCUT2D eigenvalue weighted by molar-refractivity contribution is -0.137. The maximum absolute atomic E-state index is 12.6. The third kappa shape index (κ3) is 13.9. The number of thioether (sulfide) groups is 1. The van der Waals surface area contributed by atoms with E-state index in [1.165, 1.54) is 13.8 Å². The number of amides is 2. The molecule has 1 aliphatic rings. The van der Waals surface area contributed by atoms with Gasteiger partial charge in [0, 0.05) is 37.1 Å². The number of nitrogens with zero attached hydrogens (tertiary/aromatic N) is 4. The van der Waals surface area contributed by atoms with Crippen LogP contribution in [0.25, 0.3) is 11.2 Å². The standard InChI is InChI=1S/C25H43N8O17P3S/c1-25(2,20(37)23(38)29-7-5-15(34)28-8-9-54-16(35)4-3-6-26)11-47-53(44,45)50-52(42,43)46-10-14-19(49-51(39,40)41)18(36)24(48-14)33-13-32-17-21(27)30-12-31-22(17)33/h12-14,18-20,24,36-37H,3-11,26H2,1-2H3,(H,28,34)(H,29,38)(H,42,43)(H,44,45)(H2,27,30,31)(H2,39,40,41)/t14-,18-,19-,20?,24-/m1/s1. The Morgan fingerprint density at radius 3 is 2.41 bits per heavy atom. The number of nitrogens with two attached hydrogens (primary N) is 2. The molecule has 54 heavy (non-hydrogen) atoms. The highest BCUT2D eigenvalue weighted by Crippen LogP contribution is 2.61. The molecule has 2 amide bonds. The van der Waals surface area contributed by atoms with Gasteiger partial charge in [-0.15, -0.1) is 0 Å². The number of nitrogen functional groups attached to an aromatic ring is 1. The van der Waals surface area contributed by atoms with Crippen LogP contribution in [0, 0.1) is 5.41 Å². The summed E-state index contributed by atoms with van der Waals surface area (Å²) in [4.78, 5) is 87.0. The van der Waals surface area contributed by atoms with E-state index in [1.807, 2.05) is 0 Å². The molecule has 0 bridgehead atoms. The number of hydrogen-bond donors (Lipinski definition) is 10. The molecular weight excluding hydrogens is 809 g/mol. The van der Waals surface area contributed by atoms with Crippen molar-refractivity contribution in [1.82, 2.24) is 30.2 Å². The van der Waals surface area contributed by atoms with Crippen LogP contribution in [0.4, 0.5) is 5.82 Å². The van der Waals surface area contributed by atoms with Crippen LogP contribution in [-0.2, 0) is 50.7 Å². The van der Waals surface area contributed by atoms with E-state index in [0.29, 0.717) is 25.1 Å². The number of rotatable bonds is 22. The summed E-state index contributed by atoms with van der Waals surface area (Å²) in [6, 6.07) is 0. The predicted molar refractivity (Wildman–Crippen MR) is 185 cm³/mol. The number of aliphatic hydroxyl groups is 2. The number of imidazole rings is 1. The number of aromatic nitrogens is 4. The van der Waals surface area contributed by atoms with Gasteiger partial charge < -0.3 is 56.6 Å². The molecule has 7 atom stereocenters. The number of ether oxygens (including phenoxy) is 1. The first-order valence-corrected chi connectivity index (χ1v) is 21.3. The van der Waals surface area contributed by atoms with Crippen LogP contribution in [0.1, 0.15) is 39.3 Å². The molecular formula is C25H43N8O17P3S. The molecule has 0 radical (unpaired) electrons. The summed E-state index contributed by atoms with van der Waals surface area (Å²) in [6.07, 6.45) is -6.02. The zero-order valence-electron chi connectivity index (χ0n) is 28.8. The summed E-state index contributed by atoms with van der Waals surface area (Å²) >= 11 is 1.05. The lowest BCUT2D eigenvalue weighted by Crippen LogP contribution is -2.46. The van der Waals surface area contributed by atoms with Gasteiger partial charge >= 0.3 is 23.5 Å². The SMILES string of the molecule is CC(C)(COP(=O)(O)OP(=O)(O)OC[C@H]1O[C@@H](n2cnc3c(N)ncnc32)[C@H](O)[C@@H]1OP(=O)(O)O)C(O)C(=O)NCCC(=O)NCCSC(=O)CCCN. The van der Waals surface area contributed by atoms with Gasteiger partial charge in [0.1, 0.15) is 36.3 Å². The van der Waals surface area contributed by atoms with E-state index in [9.17, 15) is 57.9 Å². The Balaban J connectivity index is 1.50. The van der Waals surface area contributed by atoms with E-state index >= 15 is 0 Å². The van der Waals surface area contributed by atoms with Gasteiger partial charge in [0.15, 0.2) is 22.8 Å². The number of carbonyl (C=O) groups excluding carboxylic acids is 3. The van der Waals surface area contributed by atoms with Crippen molar-refractivity contribution in [3.63, 3.8) is 0 Å². The monoisotopic (exact) mass is 852 g/mol. The maximum atomic E-state index is 12.6. The molecule has 3 unspecified atom stereocenters. The van der Waals surface area contributed by atoms with Crippen LogP contribution < -0.4 is 22.1 Å². The molecule has 0 aromatic carbocycles. The minimum Gasteiger partial charge on any atom is -0.386 e. The van der Waals surface area contributed by atoms with Gasteiger partial charge in [0.05, 0.1) is 19.5 Å². The van der Waals surface area contributed by atoms with Crippen molar-refractivity contribution in [2.75, 3.05) is 44.3 Å². The molecule has 1 fully saturated rings. The first-order chi connectivity index (χ1) is 25.1. The van der Waals surface area contributed by atoms with Crippen LogP contribution in [-0.4, -0.2) is 129 Å². The number of nitrogens with one attached hydrogen (secondary N) is 2. The Morgan fingerprint density at radius 1 is 1.06 bits per heavy atom. The van der Waals surface area contributed by atoms with Crippen molar-refractivity contribution in [2.24, 2.45) is 11.1 Å². The molecule has 0 aliphatic carbocycles. The van der Waals surface area contributed by atoms with E-state index in [2.05, 4.69) is 34.4 Å². The Morgan fingerprint density at radius 2 is 1.74 bits per heavy atom. The van der Waals surface area contributed by atoms with Gasteiger partial charge in [-0.1, -0.05) is 25.6 Å². The number of carbonyl (C=O) groups is 3. The Bertz CT molecular complexity index is 1770. The van der Waals surface area contributed by atoms with Gasteiger partial charge in [-0.25, -0.2) is 28.6 Å². The zero-order valence-corrected chi connectivity index (χ0v) is 32.3. The normalized spacial score (nSPS) is 22.0. The zero-order chi connectivity index (χ0) is 40.5. The smallest absolute Gasteiger partial charge is 0.386 e. The summed E-state index contributed by atoms with van der Waals surface area (Å²) in [5.74, 6) is -1.12. The van der Waals surface area contributed by atoms with Crippen molar-refractivity contribution in [3.05, 3.63) is 12.7 Å². The Kier molecular flexibility index (Phi) is 16.7. The fourth-order valence-electron chi connectivity index (χ4n) is 4.61. The fraction of sp³-hybridized carbons (Fsp3) is 0.680. The lowest BCUT2D eigenvalue weighted by atomic mass is 9.87. The summed E-state index contributed by atoms with van der Waals surface area (Å²) in [5.41, 5.74) is 9.60. The minimum atomic E-state index is -5.57.